The summed E-state index contributed by atoms with van der Waals surface area (Å²) in [5, 5.41) is 9.61. The third kappa shape index (κ3) is 2.69. The van der Waals surface area contributed by atoms with E-state index in [-0.39, 0.29) is 11.9 Å². The Kier molecular flexibility index (Phi) is 4.14. The van der Waals surface area contributed by atoms with Crippen molar-refractivity contribution < 1.29 is 4.79 Å². The number of amides is 1. The highest BCUT2D eigenvalue weighted by Gasteiger charge is 2.23. The number of nitriles is 1. The van der Waals surface area contributed by atoms with Crippen LogP contribution in [-0.2, 0) is 0 Å². The van der Waals surface area contributed by atoms with Gasteiger partial charge < -0.3 is 10.6 Å². The molecule has 2 aromatic rings. The van der Waals surface area contributed by atoms with E-state index in [0.29, 0.717) is 17.0 Å². The number of nitrogens with zero attached hydrogens (tertiary/aromatic N) is 3. The van der Waals surface area contributed by atoms with Crippen molar-refractivity contribution in [1.29, 1.82) is 5.26 Å². The molecule has 0 spiro atoms. The second-order valence-electron chi connectivity index (χ2n) is 5.19. The molecule has 110 valence electrons. The number of aryl methyl sites for hydroxylation is 2. The first kappa shape index (κ1) is 15.3. The van der Waals surface area contributed by atoms with Crippen molar-refractivity contribution in [2.45, 2.75) is 33.2 Å². The Balaban J connectivity index is 2.48. The van der Waals surface area contributed by atoms with Gasteiger partial charge in [0, 0.05) is 34.6 Å². The number of pyridine rings is 1. The number of carbonyl (C=O) groups is 1. The number of fused-ring (bicyclic) bond motifs is 1. The molecule has 0 saturated heterocycles. The third-order valence-corrected chi connectivity index (χ3v) is 4.72. The number of thiophene rings is 1. The van der Waals surface area contributed by atoms with Gasteiger partial charge in [-0.05, 0) is 26.8 Å². The van der Waals surface area contributed by atoms with E-state index in [2.05, 4.69) is 11.1 Å². The molecule has 0 aromatic carbocycles. The Bertz CT molecular complexity index is 744. The van der Waals surface area contributed by atoms with Crippen molar-refractivity contribution in [2.24, 2.45) is 0 Å². The molecular formula is C15H18N4OS. The van der Waals surface area contributed by atoms with E-state index in [1.807, 2.05) is 26.8 Å². The first-order chi connectivity index (χ1) is 9.86. The number of aromatic nitrogens is 1. The number of hydrogen-bond donors (Lipinski definition) is 1. The molecule has 21 heavy (non-hydrogen) atoms. The summed E-state index contributed by atoms with van der Waals surface area (Å²) in [5.41, 5.74) is 8.39. The van der Waals surface area contributed by atoms with Gasteiger partial charge in [-0.1, -0.05) is 0 Å². The highest BCUT2D eigenvalue weighted by atomic mass is 32.1. The fourth-order valence-corrected chi connectivity index (χ4v) is 3.52. The molecule has 2 heterocycles. The monoisotopic (exact) mass is 302 g/mol. The molecule has 2 rings (SSSR count). The molecule has 0 aliphatic rings. The van der Waals surface area contributed by atoms with E-state index < -0.39 is 0 Å². The van der Waals surface area contributed by atoms with E-state index in [1.54, 1.807) is 11.9 Å². The van der Waals surface area contributed by atoms with Crippen molar-refractivity contribution in [3.8, 4) is 6.07 Å². The van der Waals surface area contributed by atoms with E-state index >= 15 is 0 Å². The lowest BCUT2D eigenvalue weighted by Gasteiger charge is -2.22. The van der Waals surface area contributed by atoms with Crippen LogP contribution in [0.1, 0.15) is 34.4 Å². The summed E-state index contributed by atoms with van der Waals surface area (Å²) in [4.78, 5) is 19.1. The molecule has 2 N–H and O–H groups in total. The van der Waals surface area contributed by atoms with Crippen LogP contribution in [0.25, 0.3) is 10.1 Å². The Hall–Kier alpha value is -2.13. The molecule has 0 radical (unpaired) electrons. The minimum absolute atomic E-state index is 0.145. The third-order valence-electron chi connectivity index (χ3n) is 3.58. The standard InChI is InChI=1S/C15H18N4OS/c1-8-7-11-12(10(3)18-8)13(17)14(21-11)15(20)19(4)9(2)5-6-16/h7,9H,5,17H2,1-4H3. The van der Waals surface area contributed by atoms with Crippen molar-refractivity contribution >= 4 is 33.0 Å². The molecule has 0 aliphatic heterocycles. The van der Waals surface area contributed by atoms with Crippen LogP contribution in [0.15, 0.2) is 6.07 Å². The van der Waals surface area contributed by atoms with Gasteiger partial charge in [-0.3, -0.25) is 9.78 Å². The summed E-state index contributed by atoms with van der Waals surface area (Å²) in [5.74, 6) is -0.145. The van der Waals surface area contributed by atoms with Crippen molar-refractivity contribution in [3.63, 3.8) is 0 Å². The lowest BCUT2D eigenvalue weighted by Crippen LogP contribution is -2.34. The van der Waals surface area contributed by atoms with Gasteiger partial charge in [0.2, 0.25) is 0 Å². The highest BCUT2D eigenvalue weighted by Crippen LogP contribution is 2.36. The van der Waals surface area contributed by atoms with Gasteiger partial charge in [0.15, 0.2) is 0 Å². The summed E-state index contributed by atoms with van der Waals surface area (Å²) in [7, 11) is 1.70. The van der Waals surface area contributed by atoms with E-state index in [0.717, 1.165) is 21.5 Å². The molecule has 1 atom stereocenters. The van der Waals surface area contributed by atoms with Crippen LogP contribution >= 0.6 is 11.3 Å². The lowest BCUT2D eigenvalue weighted by molar-refractivity contribution is 0.0752. The first-order valence-corrected chi connectivity index (χ1v) is 7.48. The van der Waals surface area contributed by atoms with E-state index in [4.69, 9.17) is 11.0 Å². The quantitative estimate of drug-likeness (QED) is 0.945. The number of anilines is 1. The molecule has 6 heteroatoms. The maximum atomic E-state index is 12.6. The topological polar surface area (TPSA) is 83.0 Å². The van der Waals surface area contributed by atoms with Gasteiger partial charge >= 0.3 is 0 Å². The zero-order valence-corrected chi connectivity index (χ0v) is 13.4. The second-order valence-corrected chi connectivity index (χ2v) is 6.25. The number of hydrogen-bond acceptors (Lipinski definition) is 5. The number of rotatable bonds is 3. The molecule has 0 bridgehead atoms. The fraction of sp³-hybridized carbons (Fsp3) is 0.400. The molecule has 0 fully saturated rings. The second kappa shape index (κ2) is 5.70. The van der Waals surface area contributed by atoms with Crippen molar-refractivity contribution in [1.82, 2.24) is 9.88 Å². The maximum absolute atomic E-state index is 12.6. The predicted octanol–water partition coefficient (Wildman–Crippen LogP) is 2.87. The smallest absolute Gasteiger partial charge is 0.266 e. The molecule has 5 nitrogen and oxygen atoms in total. The summed E-state index contributed by atoms with van der Waals surface area (Å²) >= 11 is 1.39. The fourth-order valence-electron chi connectivity index (χ4n) is 2.27. The van der Waals surface area contributed by atoms with Crippen LogP contribution in [0.5, 0.6) is 0 Å². The van der Waals surface area contributed by atoms with E-state index in [9.17, 15) is 4.79 Å². The maximum Gasteiger partial charge on any atom is 0.266 e. The zero-order valence-electron chi connectivity index (χ0n) is 12.6. The Morgan fingerprint density at radius 2 is 2.24 bits per heavy atom. The van der Waals surface area contributed by atoms with E-state index in [1.165, 1.54) is 11.3 Å². The van der Waals surface area contributed by atoms with Gasteiger partial charge in [0.25, 0.3) is 5.91 Å². The number of carbonyl (C=O) groups excluding carboxylic acids is 1. The molecule has 1 unspecified atom stereocenters. The average Bonchev–Trinajstić information content (AvgIpc) is 2.74. The Morgan fingerprint density at radius 1 is 1.57 bits per heavy atom. The molecule has 2 aromatic heterocycles. The molecule has 1 amide bonds. The largest absolute Gasteiger partial charge is 0.397 e. The normalized spacial score (nSPS) is 12.1. The van der Waals surface area contributed by atoms with Gasteiger partial charge in [0.1, 0.15) is 4.88 Å². The minimum Gasteiger partial charge on any atom is -0.397 e. The van der Waals surface area contributed by atoms with Crippen molar-refractivity contribution in [2.75, 3.05) is 12.8 Å². The van der Waals surface area contributed by atoms with Crippen LogP contribution in [-0.4, -0.2) is 28.9 Å². The van der Waals surface area contributed by atoms with Gasteiger partial charge in [-0.25, -0.2) is 0 Å². The minimum atomic E-state index is -0.145. The van der Waals surface area contributed by atoms with Crippen LogP contribution in [0.4, 0.5) is 5.69 Å². The molecular weight excluding hydrogens is 284 g/mol. The summed E-state index contributed by atoms with van der Waals surface area (Å²) in [6.45, 7) is 5.67. The summed E-state index contributed by atoms with van der Waals surface area (Å²) in [6, 6.07) is 3.88. The molecule has 0 aliphatic carbocycles. The highest BCUT2D eigenvalue weighted by molar-refractivity contribution is 7.21. The molecule has 0 saturated carbocycles. The van der Waals surface area contributed by atoms with Crippen molar-refractivity contribution in [3.05, 3.63) is 22.3 Å². The number of nitrogen functional groups attached to an aromatic ring is 1. The van der Waals surface area contributed by atoms with Gasteiger partial charge in [-0.15, -0.1) is 11.3 Å². The Labute approximate surface area is 128 Å². The first-order valence-electron chi connectivity index (χ1n) is 6.67. The average molecular weight is 302 g/mol. The van der Waals surface area contributed by atoms with Crippen LogP contribution in [0.3, 0.4) is 0 Å². The predicted molar refractivity (Wildman–Crippen MR) is 85.3 cm³/mol. The zero-order chi connectivity index (χ0) is 15.7. The SMILES string of the molecule is Cc1cc2sc(C(=O)N(C)C(C)CC#N)c(N)c2c(C)n1. The van der Waals surface area contributed by atoms with Gasteiger partial charge in [-0.2, -0.15) is 5.26 Å². The van der Waals surface area contributed by atoms with Crippen LogP contribution in [0.2, 0.25) is 0 Å². The number of nitrogens with two attached hydrogens (primary N) is 1. The summed E-state index contributed by atoms with van der Waals surface area (Å²) in [6.07, 6.45) is 0.298. The van der Waals surface area contributed by atoms with Crippen LogP contribution in [0, 0.1) is 25.2 Å². The summed E-state index contributed by atoms with van der Waals surface area (Å²) < 4.78 is 0.974. The van der Waals surface area contributed by atoms with Gasteiger partial charge in [0.05, 0.1) is 18.2 Å². The van der Waals surface area contributed by atoms with Crippen LogP contribution < -0.4 is 5.73 Å². The Morgan fingerprint density at radius 3 is 2.86 bits per heavy atom. The lowest BCUT2D eigenvalue weighted by atomic mass is 10.1.